The number of H-pyrrole nitrogens is 4. The Balaban J connectivity index is 0.000000457. The number of azide groups is 1. The van der Waals surface area contributed by atoms with Gasteiger partial charge in [0.2, 0.25) is 0 Å². The number of carbonyl (C=O) groups is 3. The molecule has 0 atom stereocenters. The Bertz CT molecular complexity index is 5130. The molecule has 0 spiro atoms. The lowest BCUT2D eigenvalue weighted by Gasteiger charge is -2.21. The van der Waals surface area contributed by atoms with E-state index in [1.165, 1.54) is 23.1 Å². The number of carboxylic acids is 1. The quantitative estimate of drug-likeness (QED) is 0.00414. The van der Waals surface area contributed by atoms with Crippen LogP contribution in [0.2, 0.25) is 0 Å². The zero-order valence-electron chi connectivity index (χ0n) is 66.3. The number of phenols is 2. The van der Waals surface area contributed by atoms with Gasteiger partial charge in [-0.15, -0.1) is 11.6 Å². The molecule has 10 aromatic rings. The number of aliphatic hydroxyl groups is 2. The first-order valence-corrected chi connectivity index (χ1v) is 37.5. The van der Waals surface area contributed by atoms with E-state index in [-0.39, 0.29) is 57.7 Å². The largest absolute Gasteiger partial charge is 0.502 e. The number of aliphatic hydroxyl groups excluding tert-OH is 2. The van der Waals surface area contributed by atoms with E-state index in [2.05, 4.69) is 51.4 Å². The number of aromatic amines is 4. The van der Waals surface area contributed by atoms with Crippen molar-refractivity contribution in [1.29, 1.82) is 0 Å². The molecule has 1 aliphatic heterocycles. The van der Waals surface area contributed by atoms with Crippen molar-refractivity contribution in [2.24, 2.45) is 5.11 Å². The first kappa shape index (κ1) is 101. The lowest BCUT2D eigenvalue weighted by molar-refractivity contribution is -0.386. The molecule has 0 bridgehead atoms. The molecule has 1 saturated heterocycles. The minimum atomic E-state index is -3.42. The summed E-state index contributed by atoms with van der Waals surface area (Å²) < 4.78 is 73.1. The molecule has 642 valence electrons. The number of nitrogens with one attached hydrogen (secondary N) is 5. The Morgan fingerprint density at radius 2 is 0.957 bits per heavy atom. The second-order valence-corrected chi connectivity index (χ2v) is 26.0. The number of nitro groups is 2. The summed E-state index contributed by atoms with van der Waals surface area (Å²) in [6.45, 7) is 14.2. The van der Waals surface area contributed by atoms with Crippen LogP contribution in [0.5, 0.6) is 11.5 Å². The van der Waals surface area contributed by atoms with Crippen molar-refractivity contribution in [1.82, 2.24) is 30.2 Å². The minimum Gasteiger partial charge on any atom is -0.502 e. The van der Waals surface area contributed by atoms with Crippen LogP contribution in [0.4, 0.5) is 44.2 Å². The Labute approximate surface area is 673 Å². The third-order valence-corrected chi connectivity index (χ3v) is 15.4. The van der Waals surface area contributed by atoms with Crippen LogP contribution in [0.1, 0.15) is 27.7 Å². The number of hydrogen-bond donors (Lipinski definition) is 10. The number of esters is 2. The van der Waals surface area contributed by atoms with Gasteiger partial charge >= 0.3 is 52.3 Å². The predicted octanol–water partition coefficient (Wildman–Crippen LogP) is 7.29. The molecular weight excluding hydrogens is 1590 g/mol. The highest BCUT2D eigenvalue weighted by Crippen LogP contribution is 2.31. The highest BCUT2D eigenvalue weighted by Gasteiger charge is 2.18. The van der Waals surface area contributed by atoms with Crippen LogP contribution >= 0.6 is 11.6 Å². The average Bonchev–Trinajstić information content (AvgIpc) is 1.70. The SMILES string of the molecule is CCCl.CCO.CCOC(=O)CN(C)c1ccc([N+](=O)[O-])c(O)c1.CCOC(=O)CN(C)c1ccc2[nH]c(=O)oc2c1.CN(CCN=[N+]=[N-])c1ccc2[nH]c(=O)oc2c1.CN(CCO)c1ccc2[nH]c(=O)oc2c1.CN(CCOS(C)(=O)=O)c1ccc2[nH]c(=O)oc2c1.CN1CCOCC1.CNCC(=O)O.O=[N+]([O-])c1ccc(F)cc1O. The second kappa shape index (κ2) is 53.5. The van der Waals surface area contributed by atoms with E-state index in [1.54, 1.807) is 119 Å². The van der Waals surface area contributed by atoms with Gasteiger partial charge in [0.05, 0.1) is 84.4 Å². The molecule has 45 heteroatoms. The second-order valence-electron chi connectivity index (χ2n) is 23.8. The summed E-state index contributed by atoms with van der Waals surface area (Å²) >= 11 is 5.00. The number of phenolic OH excluding ortho intramolecular Hbond substituents is 2. The number of carbonyl (C=O) groups excluding carboxylic acids is 2. The van der Waals surface area contributed by atoms with Crippen molar-refractivity contribution in [2.45, 2.75) is 27.7 Å². The number of hydrogen-bond acceptors (Lipinski definition) is 33. The lowest BCUT2D eigenvalue weighted by atomic mass is 10.2. The van der Waals surface area contributed by atoms with Gasteiger partial charge in [-0.05, 0) is 101 Å². The van der Waals surface area contributed by atoms with Gasteiger partial charge in [-0.1, -0.05) is 12.0 Å². The van der Waals surface area contributed by atoms with Gasteiger partial charge in [-0.3, -0.25) is 58.7 Å². The summed E-state index contributed by atoms with van der Waals surface area (Å²) in [6, 6.07) is 27.7. The van der Waals surface area contributed by atoms with Gasteiger partial charge in [-0.25, -0.2) is 23.6 Å². The van der Waals surface area contributed by atoms with Crippen molar-refractivity contribution in [3.05, 3.63) is 188 Å². The Hall–Kier alpha value is -12.6. The molecule has 6 aromatic carbocycles. The number of halogens is 2. The van der Waals surface area contributed by atoms with E-state index >= 15 is 0 Å². The van der Waals surface area contributed by atoms with E-state index in [0.717, 1.165) is 73.3 Å². The van der Waals surface area contributed by atoms with Gasteiger partial charge in [0.1, 0.15) is 18.9 Å². The summed E-state index contributed by atoms with van der Waals surface area (Å²) in [5.74, 6) is -4.51. The third-order valence-electron chi connectivity index (χ3n) is 14.8. The van der Waals surface area contributed by atoms with Crippen molar-refractivity contribution >= 4 is 124 Å². The zero-order chi connectivity index (χ0) is 87.9. The number of aromatic nitrogens is 4. The predicted molar refractivity (Wildman–Crippen MR) is 437 cm³/mol. The standard InChI is InChI=1S/C12H14N2O4.C11H14N2O5S.C11H14N2O5.C10H11N5O2.C10H12N2O3.C6H4FNO3.C5H11NO.C3H7NO2.C2H5Cl.C2H6O/c1-3-17-11(15)7-14(2)8-4-5-9-10(6-8)18-12(16)13-9;1-13(5-6-17-19(2,15)16)8-3-4-9-10(7-8)18-11(14)12-9;1-3-18-11(15)7-12(2)8-4-5-9(13(16)17)10(14)6-8;1-15(5-4-12-14-11)7-2-3-8-9(6-7)17-10(16)13-8;1-12(4-5-13)7-2-3-8-9(6-7)15-10(14)11-8;7-4-1-2-5(8(10)11)6(9)3-4;1-6-2-4-7-5-3-6;1-4-2-3(5)6;2*1-2-3/h4-6H,3,7H2,1-2H3,(H,13,16);3-4,7H,5-6H2,1-2H3,(H,12,14);4-6,14H,3,7H2,1-2H3;2-3,6H,4-5H2,1H3,(H,13,16);2-3,6,13H,4-5H2,1H3,(H,11,14);1-3,9H;2-5H2,1H3;4H,2H2,1H3,(H,5,6);2H2,1H3;3H,2H2,1H3. The first-order valence-electron chi connectivity index (χ1n) is 35.2. The molecule has 10 N–H and O–H groups in total. The highest BCUT2D eigenvalue weighted by molar-refractivity contribution is 7.86. The maximum Gasteiger partial charge on any atom is 0.417 e. The van der Waals surface area contributed by atoms with Crippen molar-refractivity contribution in [3.8, 4) is 11.5 Å². The van der Waals surface area contributed by atoms with Gasteiger partial charge in [0.25, 0.3) is 10.1 Å². The smallest absolute Gasteiger partial charge is 0.417 e. The molecular formula is C72H98ClFN16O26S. The molecule has 117 heavy (non-hydrogen) atoms. The number of nitro benzene ring substituents is 2. The number of ether oxygens (including phenoxy) is 3. The average molecular weight is 1690 g/mol. The topological polar surface area (TPSA) is 574 Å². The number of likely N-dealkylation sites (N-methyl/N-ethyl adjacent to an activating group) is 7. The number of aliphatic carboxylic acids is 1. The van der Waals surface area contributed by atoms with Crippen LogP contribution in [0.15, 0.2) is 151 Å². The molecule has 4 aromatic heterocycles. The number of benzene rings is 6. The summed E-state index contributed by atoms with van der Waals surface area (Å²) in [4.78, 5) is 119. The van der Waals surface area contributed by atoms with Gasteiger partial charge in [-0.2, -0.15) is 8.42 Å². The number of carboxylic acid groups (broad SMARTS) is 1. The fourth-order valence-corrected chi connectivity index (χ4v) is 9.51. The monoisotopic (exact) mass is 1690 g/mol. The number of morpholine rings is 1. The van der Waals surface area contributed by atoms with Gasteiger partial charge in [0.15, 0.2) is 33.8 Å². The van der Waals surface area contributed by atoms with Crippen molar-refractivity contribution < 1.29 is 98.6 Å². The molecule has 1 aliphatic rings. The molecule has 0 saturated carbocycles. The van der Waals surface area contributed by atoms with Crippen molar-refractivity contribution in [2.75, 3.05) is 191 Å². The van der Waals surface area contributed by atoms with Crippen LogP contribution in [0, 0.1) is 26.0 Å². The summed E-state index contributed by atoms with van der Waals surface area (Å²) in [6.07, 6.45) is 1.01. The maximum atomic E-state index is 12.2. The molecule has 0 radical (unpaired) electrons. The molecule has 1 fully saturated rings. The fourth-order valence-electron chi connectivity index (χ4n) is 9.13. The van der Waals surface area contributed by atoms with Crippen LogP contribution in [0.25, 0.3) is 54.8 Å². The number of anilines is 5. The first-order chi connectivity index (χ1) is 55.4. The highest BCUT2D eigenvalue weighted by atomic mass is 35.5. The summed E-state index contributed by atoms with van der Waals surface area (Å²) in [7, 11) is 9.20. The molecule has 0 aliphatic carbocycles. The van der Waals surface area contributed by atoms with E-state index in [0.29, 0.717) is 88.9 Å². The zero-order valence-corrected chi connectivity index (χ0v) is 67.9. The Morgan fingerprint density at radius 1 is 0.615 bits per heavy atom. The van der Waals surface area contributed by atoms with Gasteiger partial charge < -0.3 is 92.1 Å². The molecule has 0 unspecified atom stereocenters. The maximum absolute atomic E-state index is 12.2. The molecule has 0 amide bonds. The Morgan fingerprint density at radius 3 is 1.26 bits per heavy atom. The molecule has 5 heterocycles. The summed E-state index contributed by atoms with van der Waals surface area (Å²) in [5.41, 5.74) is 15.8. The van der Waals surface area contributed by atoms with Crippen LogP contribution in [-0.2, 0) is 42.9 Å². The van der Waals surface area contributed by atoms with E-state index < -0.39 is 77.9 Å². The number of oxazole rings is 4. The normalized spacial score (nSPS) is 11.1. The third kappa shape index (κ3) is 38.9. The number of nitrogens with zero attached hydrogens (tertiary/aromatic N) is 11. The lowest BCUT2D eigenvalue weighted by Crippen LogP contribution is -2.32. The Kier molecular flexibility index (Phi) is 46.0. The van der Waals surface area contributed by atoms with Crippen LogP contribution in [0.3, 0.4) is 0 Å². The van der Waals surface area contributed by atoms with Crippen LogP contribution in [-0.4, -0.2) is 253 Å². The number of aromatic hydroxyl groups is 2. The minimum absolute atomic E-state index is 0.00505. The van der Waals surface area contributed by atoms with E-state index in [4.69, 9.17) is 69.4 Å². The molecule has 11 rings (SSSR count). The fraction of sp³-hybridized carbons (Fsp3) is 0.403. The summed E-state index contributed by atoms with van der Waals surface area (Å²) in [5, 5.41) is 69.0. The number of rotatable bonds is 24. The van der Waals surface area contributed by atoms with Crippen molar-refractivity contribution in [3.63, 3.8) is 0 Å². The van der Waals surface area contributed by atoms with E-state index in [1.807, 2.05) is 43.0 Å². The van der Waals surface area contributed by atoms with E-state index in [9.17, 15) is 71.7 Å². The van der Waals surface area contributed by atoms with Gasteiger partial charge in [0, 0.05) is 169 Å². The van der Waals surface area contributed by atoms with Crippen LogP contribution < -0.4 is 52.8 Å². The molecule has 42 nitrogen and oxygen atoms in total. The number of alkyl halides is 1. The number of fused-ring (bicyclic) bond motifs is 4.